The van der Waals surface area contributed by atoms with Crippen LogP contribution in [0.3, 0.4) is 0 Å². The van der Waals surface area contributed by atoms with Gasteiger partial charge in [0.05, 0.1) is 13.0 Å². The van der Waals surface area contributed by atoms with E-state index in [2.05, 4.69) is 12.2 Å². The minimum atomic E-state index is -0.280. The summed E-state index contributed by atoms with van der Waals surface area (Å²) >= 11 is 0. The van der Waals surface area contributed by atoms with Crippen molar-refractivity contribution in [3.05, 3.63) is 0 Å². The van der Waals surface area contributed by atoms with Crippen molar-refractivity contribution >= 4 is 11.9 Å². The maximum absolute atomic E-state index is 12.2. The Morgan fingerprint density at radius 2 is 1.89 bits per heavy atom. The third-order valence-corrected chi connectivity index (χ3v) is 3.38. The van der Waals surface area contributed by atoms with E-state index in [-0.39, 0.29) is 24.7 Å². The molecule has 0 aromatic heterocycles. The van der Waals surface area contributed by atoms with E-state index in [4.69, 9.17) is 4.74 Å². The van der Waals surface area contributed by atoms with Crippen molar-refractivity contribution in [1.29, 1.82) is 0 Å². The van der Waals surface area contributed by atoms with Crippen molar-refractivity contribution in [1.82, 2.24) is 10.2 Å². The number of ether oxygens (including phenoxy) is 1. The van der Waals surface area contributed by atoms with Gasteiger partial charge in [0, 0.05) is 19.0 Å². The van der Waals surface area contributed by atoms with Gasteiger partial charge in [0.1, 0.15) is 0 Å². The van der Waals surface area contributed by atoms with E-state index in [0.717, 1.165) is 38.9 Å². The Balaban J connectivity index is 2.45. The number of hydrogen-bond donors (Lipinski definition) is 1. The molecule has 1 fully saturated rings. The first-order valence-corrected chi connectivity index (χ1v) is 7.34. The van der Waals surface area contributed by atoms with Gasteiger partial charge in [-0.15, -0.1) is 0 Å². The maximum atomic E-state index is 12.2. The normalized spacial score (nSPS) is 16.1. The SMILES string of the molecule is CCCN(C(=O)CCC(=O)OCC)C1CCNCC1. The second-order valence-corrected chi connectivity index (χ2v) is 4.87. The monoisotopic (exact) mass is 270 g/mol. The second kappa shape index (κ2) is 8.91. The largest absolute Gasteiger partial charge is 0.466 e. The molecular weight excluding hydrogens is 244 g/mol. The molecule has 1 aliphatic heterocycles. The van der Waals surface area contributed by atoms with E-state index in [0.29, 0.717) is 12.6 Å². The predicted molar refractivity (Wildman–Crippen MR) is 73.8 cm³/mol. The molecule has 0 aliphatic carbocycles. The molecule has 1 heterocycles. The molecule has 0 unspecified atom stereocenters. The third kappa shape index (κ3) is 5.59. The second-order valence-electron chi connectivity index (χ2n) is 4.87. The number of carbonyl (C=O) groups is 2. The van der Waals surface area contributed by atoms with Gasteiger partial charge in [0.15, 0.2) is 0 Å². The van der Waals surface area contributed by atoms with Crippen LogP contribution in [0.4, 0.5) is 0 Å². The lowest BCUT2D eigenvalue weighted by Crippen LogP contribution is -2.46. The first kappa shape index (κ1) is 16.0. The minimum Gasteiger partial charge on any atom is -0.466 e. The molecule has 0 spiro atoms. The molecule has 0 aromatic rings. The van der Waals surface area contributed by atoms with Crippen LogP contribution in [-0.4, -0.2) is 49.1 Å². The van der Waals surface area contributed by atoms with Gasteiger partial charge in [-0.25, -0.2) is 0 Å². The van der Waals surface area contributed by atoms with Crippen molar-refractivity contribution in [3.63, 3.8) is 0 Å². The van der Waals surface area contributed by atoms with Crippen LogP contribution < -0.4 is 5.32 Å². The summed E-state index contributed by atoms with van der Waals surface area (Å²) in [4.78, 5) is 25.5. The van der Waals surface area contributed by atoms with Crippen LogP contribution in [0.5, 0.6) is 0 Å². The third-order valence-electron chi connectivity index (χ3n) is 3.38. The lowest BCUT2D eigenvalue weighted by atomic mass is 10.0. The molecule has 1 N–H and O–H groups in total. The van der Waals surface area contributed by atoms with Crippen LogP contribution in [0.15, 0.2) is 0 Å². The Morgan fingerprint density at radius 1 is 1.21 bits per heavy atom. The molecule has 1 rings (SSSR count). The summed E-state index contributed by atoms with van der Waals surface area (Å²) in [7, 11) is 0. The summed E-state index contributed by atoms with van der Waals surface area (Å²) in [5.41, 5.74) is 0. The lowest BCUT2D eigenvalue weighted by molar-refractivity contribution is -0.146. The molecule has 5 nitrogen and oxygen atoms in total. The molecule has 0 bridgehead atoms. The highest BCUT2D eigenvalue weighted by Gasteiger charge is 2.24. The highest BCUT2D eigenvalue weighted by atomic mass is 16.5. The van der Waals surface area contributed by atoms with Gasteiger partial charge in [-0.2, -0.15) is 0 Å². The number of piperidine rings is 1. The van der Waals surface area contributed by atoms with Crippen molar-refractivity contribution in [2.45, 2.75) is 52.0 Å². The highest BCUT2D eigenvalue weighted by molar-refractivity contribution is 5.81. The van der Waals surface area contributed by atoms with Crippen molar-refractivity contribution in [2.24, 2.45) is 0 Å². The molecule has 1 amide bonds. The van der Waals surface area contributed by atoms with E-state index in [1.54, 1.807) is 6.92 Å². The maximum Gasteiger partial charge on any atom is 0.306 e. The average molecular weight is 270 g/mol. The van der Waals surface area contributed by atoms with Gasteiger partial charge in [-0.05, 0) is 39.3 Å². The van der Waals surface area contributed by atoms with E-state index in [1.165, 1.54) is 0 Å². The first-order chi connectivity index (χ1) is 9.19. The lowest BCUT2D eigenvalue weighted by Gasteiger charge is -2.34. The van der Waals surface area contributed by atoms with Crippen molar-refractivity contribution in [3.8, 4) is 0 Å². The zero-order valence-electron chi connectivity index (χ0n) is 12.1. The molecule has 0 saturated carbocycles. The number of hydrogen-bond acceptors (Lipinski definition) is 4. The smallest absolute Gasteiger partial charge is 0.306 e. The predicted octanol–water partition coefficient (Wildman–Crippen LogP) is 1.32. The zero-order valence-corrected chi connectivity index (χ0v) is 12.1. The van der Waals surface area contributed by atoms with Gasteiger partial charge in [-0.1, -0.05) is 6.92 Å². The standard InChI is InChI=1S/C14H26N2O3/c1-3-11-16(12-7-9-15-10-8-12)13(17)5-6-14(18)19-4-2/h12,15H,3-11H2,1-2H3. The van der Waals surface area contributed by atoms with Gasteiger partial charge < -0.3 is 15.0 Å². The van der Waals surface area contributed by atoms with E-state index in [9.17, 15) is 9.59 Å². The summed E-state index contributed by atoms with van der Waals surface area (Å²) in [6, 6.07) is 0.330. The summed E-state index contributed by atoms with van der Waals surface area (Å²) < 4.78 is 4.86. The minimum absolute atomic E-state index is 0.0850. The van der Waals surface area contributed by atoms with Gasteiger partial charge in [0.2, 0.25) is 5.91 Å². The Labute approximate surface area is 115 Å². The average Bonchev–Trinajstić information content (AvgIpc) is 2.43. The molecular formula is C14H26N2O3. The quantitative estimate of drug-likeness (QED) is 0.709. The zero-order chi connectivity index (χ0) is 14.1. The number of rotatable bonds is 7. The Kier molecular flexibility index (Phi) is 7.48. The molecule has 1 saturated heterocycles. The fourth-order valence-electron chi connectivity index (χ4n) is 2.46. The topological polar surface area (TPSA) is 58.6 Å². The first-order valence-electron chi connectivity index (χ1n) is 7.34. The van der Waals surface area contributed by atoms with E-state index >= 15 is 0 Å². The van der Waals surface area contributed by atoms with Crippen LogP contribution in [-0.2, 0) is 14.3 Å². The molecule has 0 radical (unpaired) electrons. The molecule has 0 atom stereocenters. The molecule has 110 valence electrons. The Morgan fingerprint density at radius 3 is 2.47 bits per heavy atom. The number of esters is 1. The van der Waals surface area contributed by atoms with Crippen LogP contribution in [0.2, 0.25) is 0 Å². The van der Waals surface area contributed by atoms with E-state index in [1.807, 2.05) is 4.90 Å². The number of nitrogens with one attached hydrogen (secondary N) is 1. The molecule has 5 heteroatoms. The number of amides is 1. The summed E-state index contributed by atoms with van der Waals surface area (Å²) in [6.07, 6.45) is 3.42. The Hall–Kier alpha value is -1.10. The van der Waals surface area contributed by atoms with Crippen LogP contribution in [0.1, 0.15) is 46.0 Å². The number of carbonyl (C=O) groups excluding carboxylic acids is 2. The van der Waals surface area contributed by atoms with Crippen LogP contribution >= 0.6 is 0 Å². The summed E-state index contributed by atoms with van der Waals surface area (Å²) in [5, 5.41) is 3.31. The van der Waals surface area contributed by atoms with Crippen LogP contribution in [0, 0.1) is 0 Å². The fourth-order valence-corrected chi connectivity index (χ4v) is 2.46. The molecule has 19 heavy (non-hydrogen) atoms. The fraction of sp³-hybridized carbons (Fsp3) is 0.857. The summed E-state index contributed by atoms with van der Waals surface area (Å²) in [6.45, 7) is 6.95. The summed E-state index contributed by atoms with van der Waals surface area (Å²) in [5.74, 6) is -0.195. The number of nitrogens with zero attached hydrogens (tertiary/aromatic N) is 1. The van der Waals surface area contributed by atoms with Gasteiger partial charge in [0.25, 0.3) is 0 Å². The van der Waals surface area contributed by atoms with Crippen LogP contribution in [0.25, 0.3) is 0 Å². The van der Waals surface area contributed by atoms with Gasteiger partial charge in [-0.3, -0.25) is 9.59 Å². The Bertz CT molecular complexity index is 288. The van der Waals surface area contributed by atoms with Gasteiger partial charge >= 0.3 is 5.97 Å². The highest BCUT2D eigenvalue weighted by Crippen LogP contribution is 2.14. The van der Waals surface area contributed by atoms with Crippen molar-refractivity contribution in [2.75, 3.05) is 26.2 Å². The molecule has 1 aliphatic rings. The van der Waals surface area contributed by atoms with Crippen molar-refractivity contribution < 1.29 is 14.3 Å². The van der Waals surface area contributed by atoms with E-state index < -0.39 is 0 Å². The molecule has 0 aromatic carbocycles.